The second-order valence-corrected chi connectivity index (χ2v) is 7.14. The Kier molecular flexibility index (Phi) is 4.17. The van der Waals surface area contributed by atoms with E-state index < -0.39 is 24.4 Å². The monoisotopic (exact) mass is 361 g/mol. The number of aromatic nitrogens is 2. The van der Waals surface area contributed by atoms with Crippen LogP contribution in [0.3, 0.4) is 0 Å². The third kappa shape index (κ3) is 3.30. The van der Waals surface area contributed by atoms with Gasteiger partial charge in [-0.3, -0.25) is 9.48 Å². The van der Waals surface area contributed by atoms with Crippen LogP contribution in [0.15, 0.2) is 30.6 Å². The quantitative estimate of drug-likeness (QED) is 0.841. The maximum absolute atomic E-state index is 14.0. The zero-order valence-electron chi connectivity index (χ0n) is 14.6. The lowest BCUT2D eigenvalue weighted by molar-refractivity contribution is 0.0116. The van der Waals surface area contributed by atoms with E-state index >= 15 is 0 Å². The van der Waals surface area contributed by atoms with Crippen molar-refractivity contribution < 1.29 is 18.3 Å². The molecule has 26 heavy (non-hydrogen) atoms. The average molecular weight is 361 g/mol. The van der Waals surface area contributed by atoms with Crippen molar-refractivity contribution in [3.8, 4) is 5.75 Å². The van der Waals surface area contributed by atoms with Crippen LogP contribution in [0.4, 0.5) is 8.78 Å². The second-order valence-electron chi connectivity index (χ2n) is 7.14. The number of benzene rings is 1. The Bertz CT molecular complexity index is 834. The van der Waals surface area contributed by atoms with Gasteiger partial charge in [0.2, 0.25) is 0 Å². The third-order valence-electron chi connectivity index (χ3n) is 5.10. The van der Waals surface area contributed by atoms with Crippen molar-refractivity contribution in [3.63, 3.8) is 0 Å². The number of likely N-dealkylation sites (tertiary alicyclic amines) is 1. The summed E-state index contributed by atoms with van der Waals surface area (Å²) >= 11 is 0. The number of alkyl halides is 2. The predicted molar refractivity (Wildman–Crippen MR) is 91.6 cm³/mol. The highest BCUT2D eigenvalue weighted by Gasteiger charge is 2.47. The summed E-state index contributed by atoms with van der Waals surface area (Å²) in [7, 11) is 1.68. The van der Waals surface area contributed by atoms with Crippen LogP contribution in [-0.2, 0) is 19.9 Å². The summed E-state index contributed by atoms with van der Waals surface area (Å²) in [5, 5.41) is 3.95. The number of fused-ring (bicyclic) bond motifs is 1. The van der Waals surface area contributed by atoms with Gasteiger partial charge in [0.15, 0.2) is 0 Å². The van der Waals surface area contributed by atoms with E-state index in [0.29, 0.717) is 11.3 Å². The molecule has 1 aromatic carbocycles. The highest BCUT2D eigenvalue weighted by atomic mass is 19.3. The molecule has 0 radical (unpaired) electrons. The lowest BCUT2D eigenvalue weighted by Gasteiger charge is -2.23. The second kappa shape index (κ2) is 6.37. The average Bonchev–Trinajstić information content (AvgIpc) is 3.30. The number of carbonyl (C=O) groups excluding carboxylic acids is 1. The van der Waals surface area contributed by atoms with Crippen LogP contribution in [0.25, 0.3) is 0 Å². The standard InChI is InChI=1S/C19H21F2N3O2/c1-23-10-15(9-22-23)18(25)24-12-19(20,21)8-16(24)11-26-17-6-5-13-3-2-4-14(13)7-17/h5-7,9-10,16H,2-4,8,11-12H2,1H3/t16-/m0/s1. The van der Waals surface area contributed by atoms with E-state index in [1.807, 2.05) is 18.2 Å². The fourth-order valence-corrected chi connectivity index (χ4v) is 3.81. The summed E-state index contributed by atoms with van der Waals surface area (Å²) in [5.74, 6) is -2.66. The summed E-state index contributed by atoms with van der Waals surface area (Å²) < 4.78 is 35.2. The minimum absolute atomic E-state index is 0.0559. The lowest BCUT2D eigenvalue weighted by Crippen LogP contribution is -2.39. The van der Waals surface area contributed by atoms with Gasteiger partial charge in [0.1, 0.15) is 12.4 Å². The summed E-state index contributed by atoms with van der Waals surface area (Å²) in [6.45, 7) is -0.528. The largest absolute Gasteiger partial charge is 0.491 e. The van der Waals surface area contributed by atoms with Crippen LogP contribution in [0, 0.1) is 0 Å². The van der Waals surface area contributed by atoms with Crippen molar-refractivity contribution in [2.24, 2.45) is 7.05 Å². The number of hydrogen-bond acceptors (Lipinski definition) is 3. The van der Waals surface area contributed by atoms with Gasteiger partial charge in [-0.1, -0.05) is 6.07 Å². The molecular weight excluding hydrogens is 340 g/mol. The molecule has 2 heterocycles. The molecule has 0 N–H and O–H groups in total. The smallest absolute Gasteiger partial charge is 0.267 e. The maximum Gasteiger partial charge on any atom is 0.267 e. The first kappa shape index (κ1) is 17.0. The summed E-state index contributed by atoms with van der Waals surface area (Å²) in [6.07, 6.45) is 5.80. The zero-order chi connectivity index (χ0) is 18.3. The van der Waals surface area contributed by atoms with Gasteiger partial charge >= 0.3 is 0 Å². The van der Waals surface area contributed by atoms with Gasteiger partial charge < -0.3 is 9.64 Å². The molecule has 1 atom stereocenters. The summed E-state index contributed by atoms with van der Waals surface area (Å²) in [6, 6.07) is 5.25. The topological polar surface area (TPSA) is 47.4 Å². The Hall–Kier alpha value is -2.44. The van der Waals surface area contributed by atoms with Crippen molar-refractivity contribution in [2.45, 2.75) is 37.6 Å². The molecule has 2 aliphatic rings. The van der Waals surface area contributed by atoms with Gasteiger partial charge in [-0.15, -0.1) is 0 Å². The molecule has 0 unspecified atom stereocenters. The lowest BCUT2D eigenvalue weighted by atomic mass is 10.1. The molecule has 7 heteroatoms. The van der Waals surface area contributed by atoms with Crippen molar-refractivity contribution in [1.29, 1.82) is 0 Å². The first-order valence-corrected chi connectivity index (χ1v) is 8.83. The Balaban J connectivity index is 1.47. The van der Waals surface area contributed by atoms with Crippen molar-refractivity contribution >= 4 is 5.91 Å². The zero-order valence-corrected chi connectivity index (χ0v) is 14.6. The number of amides is 1. The molecule has 1 aliphatic heterocycles. The molecule has 0 spiro atoms. The van der Waals surface area contributed by atoms with Gasteiger partial charge in [0.05, 0.1) is 24.3 Å². The van der Waals surface area contributed by atoms with E-state index in [2.05, 4.69) is 5.10 Å². The van der Waals surface area contributed by atoms with Gasteiger partial charge in [-0.25, -0.2) is 8.78 Å². The number of aryl methyl sites for hydroxylation is 3. The fraction of sp³-hybridized carbons (Fsp3) is 0.474. The van der Waals surface area contributed by atoms with Gasteiger partial charge in [0, 0.05) is 19.7 Å². The maximum atomic E-state index is 14.0. The fourth-order valence-electron chi connectivity index (χ4n) is 3.81. The third-order valence-corrected chi connectivity index (χ3v) is 5.10. The van der Waals surface area contributed by atoms with E-state index in [1.54, 1.807) is 7.05 Å². The van der Waals surface area contributed by atoms with E-state index in [1.165, 1.54) is 33.1 Å². The van der Waals surface area contributed by atoms with Crippen molar-refractivity contribution in [3.05, 3.63) is 47.3 Å². The number of carbonyl (C=O) groups is 1. The van der Waals surface area contributed by atoms with Crippen LogP contribution in [-0.4, -0.2) is 45.7 Å². The molecule has 1 amide bonds. The molecule has 0 bridgehead atoms. The molecule has 1 fully saturated rings. The molecule has 138 valence electrons. The molecular formula is C19H21F2N3O2. The van der Waals surface area contributed by atoms with Crippen LogP contribution in [0.1, 0.15) is 34.3 Å². The Morgan fingerprint density at radius 3 is 2.92 bits per heavy atom. The number of halogens is 2. The van der Waals surface area contributed by atoms with E-state index in [9.17, 15) is 13.6 Å². The number of rotatable bonds is 4. The van der Waals surface area contributed by atoms with Gasteiger partial charge in [0.25, 0.3) is 11.8 Å². The minimum atomic E-state index is -2.90. The van der Waals surface area contributed by atoms with Crippen LogP contribution >= 0.6 is 0 Å². The highest BCUT2D eigenvalue weighted by molar-refractivity contribution is 5.94. The van der Waals surface area contributed by atoms with E-state index in [0.717, 1.165) is 19.3 Å². The highest BCUT2D eigenvalue weighted by Crippen LogP contribution is 2.34. The summed E-state index contributed by atoms with van der Waals surface area (Å²) in [4.78, 5) is 13.8. The van der Waals surface area contributed by atoms with Gasteiger partial charge in [-0.05, 0) is 42.5 Å². The van der Waals surface area contributed by atoms with Gasteiger partial charge in [-0.2, -0.15) is 5.10 Å². The Labute approximate surface area is 150 Å². The first-order valence-electron chi connectivity index (χ1n) is 8.83. The van der Waals surface area contributed by atoms with Crippen LogP contribution < -0.4 is 4.74 Å². The molecule has 2 aromatic rings. The number of hydrogen-bond donors (Lipinski definition) is 0. The van der Waals surface area contributed by atoms with Crippen LogP contribution in [0.5, 0.6) is 5.75 Å². The molecule has 1 aromatic heterocycles. The summed E-state index contributed by atoms with van der Waals surface area (Å²) in [5.41, 5.74) is 2.91. The molecule has 4 rings (SSSR count). The molecule has 0 saturated carbocycles. The Morgan fingerprint density at radius 2 is 2.15 bits per heavy atom. The van der Waals surface area contributed by atoms with E-state index in [-0.39, 0.29) is 13.0 Å². The van der Waals surface area contributed by atoms with E-state index in [4.69, 9.17) is 4.74 Å². The SMILES string of the molecule is Cn1cc(C(=O)N2CC(F)(F)C[C@H]2COc2ccc3c(c2)CCC3)cn1. The molecule has 5 nitrogen and oxygen atoms in total. The van der Waals surface area contributed by atoms with Crippen molar-refractivity contribution in [1.82, 2.24) is 14.7 Å². The van der Waals surface area contributed by atoms with Crippen molar-refractivity contribution in [2.75, 3.05) is 13.2 Å². The molecule has 1 saturated heterocycles. The van der Waals surface area contributed by atoms with Crippen LogP contribution in [0.2, 0.25) is 0 Å². The Morgan fingerprint density at radius 1 is 1.35 bits per heavy atom. The molecule has 1 aliphatic carbocycles. The number of ether oxygens (including phenoxy) is 1. The normalized spacial score (nSPS) is 21.0. The number of nitrogens with zero attached hydrogens (tertiary/aromatic N) is 3. The first-order chi connectivity index (χ1) is 12.4. The predicted octanol–water partition coefficient (Wildman–Crippen LogP) is 2.84. The minimum Gasteiger partial charge on any atom is -0.491 e.